The minimum Gasteiger partial charge on any atom is -0.488 e. The first-order valence-electron chi connectivity index (χ1n) is 13.7. The van der Waals surface area contributed by atoms with Crippen LogP contribution in [-0.4, -0.2) is 73.4 Å². The predicted molar refractivity (Wildman–Crippen MR) is 149 cm³/mol. The number of nitrogens with zero attached hydrogens (tertiary/aromatic N) is 2. The molecule has 0 spiro atoms. The zero-order valence-electron chi connectivity index (χ0n) is 22.9. The molecule has 212 valence electrons. The van der Waals surface area contributed by atoms with Crippen LogP contribution >= 0.6 is 0 Å². The number of ether oxygens (including phenoxy) is 1. The van der Waals surface area contributed by atoms with E-state index in [1.165, 1.54) is 11.4 Å². The van der Waals surface area contributed by atoms with Gasteiger partial charge in [0, 0.05) is 31.1 Å². The summed E-state index contributed by atoms with van der Waals surface area (Å²) in [7, 11) is -2.24. The second kappa shape index (κ2) is 12.5. The van der Waals surface area contributed by atoms with Gasteiger partial charge < -0.3 is 20.1 Å². The zero-order chi connectivity index (χ0) is 28.2. The summed E-state index contributed by atoms with van der Waals surface area (Å²) in [5.74, 6) is -0.321. The third-order valence-corrected chi connectivity index (χ3v) is 9.63. The van der Waals surface area contributed by atoms with E-state index in [4.69, 9.17) is 4.74 Å². The Morgan fingerprint density at radius 3 is 2.51 bits per heavy atom. The molecular weight excluding hydrogens is 518 g/mol. The van der Waals surface area contributed by atoms with E-state index in [1.807, 2.05) is 6.92 Å². The Labute approximate surface area is 231 Å². The first-order valence-corrected chi connectivity index (χ1v) is 15.1. The zero-order valence-corrected chi connectivity index (χ0v) is 23.7. The van der Waals surface area contributed by atoms with Gasteiger partial charge >= 0.3 is 0 Å². The predicted octanol–water partition coefficient (Wildman–Crippen LogP) is 3.75. The number of aliphatic hydroxyl groups excluding tert-OH is 1. The maximum atomic E-state index is 13.7. The Balaban J connectivity index is 1.62. The van der Waals surface area contributed by atoms with Crippen LogP contribution in [0.3, 0.4) is 0 Å². The van der Waals surface area contributed by atoms with Crippen molar-refractivity contribution in [3.05, 3.63) is 54.1 Å². The van der Waals surface area contributed by atoms with Crippen molar-refractivity contribution in [3.8, 4) is 5.75 Å². The smallest absolute Gasteiger partial charge is 0.258 e. The summed E-state index contributed by atoms with van der Waals surface area (Å²) < 4.78 is 34.0. The fourth-order valence-corrected chi connectivity index (χ4v) is 6.46. The Hall–Kier alpha value is -2.95. The standard InChI is InChI=1S/C29H39N3O6S/c1-20-17-32(21(2)19-33)29(35)25-16-23(30-28(34)22-10-6-4-7-11-22)14-15-26(25)38-27(20)18-31(3)39(36,37)24-12-8-5-9-13-24/h5,8-9,12-16,20-22,27,33H,4,6-7,10-11,17-19H2,1-3H3,(H,30,34)/t20-,21+,27-/m1/s1. The molecule has 0 unspecified atom stereocenters. The number of likely N-dealkylation sites (N-methyl/N-ethyl adjacent to an activating group) is 1. The number of rotatable bonds is 8. The van der Waals surface area contributed by atoms with Crippen LogP contribution in [0.25, 0.3) is 0 Å². The number of sulfonamides is 1. The third-order valence-electron chi connectivity index (χ3n) is 7.80. The second-order valence-corrected chi connectivity index (χ2v) is 12.8. The number of benzene rings is 2. The van der Waals surface area contributed by atoms with Crippen molar-refractivity contribution in [2.75, 3.05) is 32.1 Å². The van der Waals surface area contributed by atoms with Crippen molar-refractivity contribution in [2.45, 2.75) is 63.0 Å². The average Bonchev–Trinajstić information content (AvgIpc) is 2.95. The van der Waals surface area contributed by atoms with Gasteiger partial charge in [-0.15, -0.1) is 0 Å². The van der Waals surface area contributed by atoms with E-state index in [1.54, 1.807) is 60.4 Å². The van der Waals surface area contributed by atoms with Crippen LogP contribution in [0, 0.1) is 11.8 Å². The summed E-state index contributed by atoms with van der Waals surface area (Å²) in [6.45, 7) is 3.78. The van der Waals surface area contributed by atoms with Gasteiger partial charge in [0.15, 0.2) is 0 Å². The Kier molecular flexibility index (Phi) is 9.30. The monoisotopic (exact) mass is 557 g/mol. The molecule has 4 rings (SSSR count). The Bertz CT molecular complexity index is 1260. The van der Waals surface area contributed by atoms with E-state index in [2.05, 4.69) is 5.32 Å². The first kappa shape index (κ1) is 29.0. The third kappa shape index (κ3) is 6.62. The van der Waals surface area contributed by atoms with E-state index in [0.29, 0.717) is 11.4 Å². The highest BCUT2D eigenvalue weighted by Crippen LogP contribution is 2.32. The average molecular weight is 558 g/mol. The molecule has 10 heteroatoms. The number of amides is 2. The summed E-state index contributed by atoms with van der Waals surface area (Å²) in [6, 6.07) is 12.7. The highest BCUT2D eigenvalue weighted by Gasteiger charge is 2.35. The summed E-state index contributed by atoms with van der Waals surface area (Å²) in [5.41, 5.74) is 0.772. The molecular formula is C29H39N3O6S. The van der Waals surface area contributed by atoms with Crippen molar-refractivity contribution in [1.29, 1.82) is 0 Å². The molecule has 1 aliphatic heterocycles. The molecule has 0 bridgehead atoms. The number of anilines is 1. The summed E-state index contributed by atoms with van der Waals surface area (Å²) >= 11 is 0. The van der Waals surface area contributed by atoms with Gasteiger partial charge in [-0.05, 0) is 50.1 Å². The summed E-state index contributed by atoms with van der Waals surface area (Å²) in [4.78, 5) is 28.3. The molecule has 0 saturated heterocycles. The summed E-state index contributed by atoms with van der Waals surface area (Å²) in [6.07, 6.45) is 4.37. The van der Waals surface area contributed by atoms with Crippen LogP contribution in [0.4, 0.5) is 5.69 Å². The van der Waals surface area contributed by atoms with Gasteiger partial charge in [0.25, 0.3) is 5.91 Å². The number of nitrogens with one attached hydrogen (secondary N) is 1. The maximum absolute atomic E-state index is 13.7. The number of hydrogen-bond donors (Lipinski definition) is 2. The lowest BCUT2D eigenvalue weighted by atomic mass is 9.88. The molecule has 1 fully saturated rings. The molecule has 39 heavy (non-hydrogen) atoms. The Morgan fingerprint density at radius 2 is 1.85 bits per heavy atom. The second-order valence-electron chi connectivity index (χ2n) is 10.8. The van der Waals surface area contributed by atoms with Crippen molar-refractivity contribution < 1.29 is 27.9 Å². The highest BCUT2D eigenvalue weighted by atomic mass is 32.2. The molecule has 2 amide bonds. The minimum absolute atomic E-state index is 0.0362. The fourth-order valence-electron chi connectivity index (χ4n) is 5.25. The molecule has 2 aromatic carbocycles. The molecule has 2 N–H and O–H groups in total. The van der Waals surface area contributed by atoms with Gasteiger partial charge in [0.2, 0.25) is 15.9 Å². The van der Waals surface area contributed by atoms with E-state index in [9.17, 15) is 23.1 Å². The first-order chi connectivity index (χ1) is 18.6. The van der Waals surface area contributed by atoms with Crippen molar-refractivity contribution in [3.63, 3.8) is 0 Å². The minimum atomic E-state index is -3.75. The van der Waals surface area contributed by atoms with Crippen LogP contribution in [0.1, 0.15) is 56.3 Å². The molecule has 2 aromatic rings. The number of hydrogen-bond acceptors (Lipinski definition) is 6. The van der Waals surface area contributed by atoms with Gasteiger partial charge in [-0.3, -0.25) is 9.59 Å². The number of carbonyl (C=O) groups excluding carboxylic acids is 2. The molecule has 1 saturated carbocycles. The van der Waals surface area contributed by atoms with Gasteiger partial charge in [-0.1, -0.05) is 44.4 Å². The number of aliphatic hydroxyl groups is 1. The van der Waals surface area contributed by atoms with Crippen LogP contribution < -0.4 is 10.1 Å². The van der Waals surface area contributed by atoms with E-state index in [-0.39, 0.29) is 53.8 Å². The highest BCUT2D eigenvalue weighted by molar-refractivity contribution is 7.89. The molecule has 0 aromatic heterocycles. The number of carbonyl (C=O) groups is 2. The lowest BCUT2D eigenvalue weighted by Gasteiger charge is -2.38. The molecule has 3 atom stereocenters. The lowest BCUT2D eigenvalue weighted by Crippen LogP contribution is -2.50. The van der Waals surface area contributed by atoms with Crippen molar-refractivity contribution in [1.82, 2.24) is 9.21 Å². The van der Waals surface area contributed by atoms with Crippen LogP contribution in [0.15, 0.2) is 53.4 Å². The fraction of sp³-hybridized carbons (Fsp3) is 0.517. The molecule has 1 heterocycles. The normalized spacial score (nSPS) is 21.5. The van der Waals surface area contributed by atoms with E-state index >= 15 is 0 Å². The Morgan fingerprint density at radius 1 is 1.15 bits per heavy atom. The quantitative estimate of drug-likeness (QED) is 0.511. The lowest BCUT2D eigenvalue weighted by molar-refractivity contribution is -0.120. The van der Waals surface area contributed by atoms with Crippen LogP contribution in [0.2, 0.25) is 0 Å². The molecule has 9 nitrogen and oxygen atoms in total. The molecule has 2 aliphatic rings. The molecule has 1 aliphatic carbocycles. The van der Waals surface area contributed by atoms with Gasteiger partial charge in [0.05, 0.1) is 29.7 Å². The van der Waals surface area contributed by atoms with E-state index < -0.39 is 22.2 Å². The SMILES string of the molecule is C[C@@H]1CN([C@@H](C)CO)C(=O)c2cc(NC(=O)C3CCCCC3)ccc2O[C@@H]1CN(C)S(=O)(=O)c1ccccc1. The molecule has 0 radical (unpaired) electrons. The van der Waals surface area contributed by atoms with Crippen molar-refractivity contribution >= 4 is 27.5 Å². The number of fused-ring (bicyclic) bond motifs is 1. The summed E-state index contributed by atoms with van der Waals surface area (Å²) in [5, 5.41) is 12.9. The topological polar surface area (TPSA) is 116 Å². The van der Waals surface area contributed by atoms with Crippen LogP contribution in [-0.2, 0) is 14.8 Å². The maximum Gasteiger partial charge on any atom is 0.258 e. The van der Waals surface area contributed by atoms with Crippen molar-refractivity contribution in [2.24, 2.45) is 11.8 Å². The van der Waals surface area contributed by atoms with Crippen LogP contribution in [0.5, 0.6) is 5.75 Å². The van der Waals surface area contributed by atoms with Gasteiger partial charge in [0.1, 0.15) is 11.9 Å². The van der Waals surface area contributed by atoms with E-state index in [0.717, 1.165) is 32.1 Å². The van der Waals surface area contributed by atoms with Gasteiger partial charge in [-0.2, -0.15) is 4.31 Å². The largest absolute Gasteiger partial charge is 0.488 e. The van der Waals surface area contributed by atoms with Gasteiger partial charge in [-0.25, -0.2) is 8.42 Å².